The van der Waals surface area contributed by atoms with E-state index >= 15 is 0 Å². The number of ether oxygens (including phenoxy) is 2. The first-order chi connectivity index (χ1) is 15.7. The normalized spacial score (nSPS) is 14.0. The summed E-state index contributed by atoms with van der Waals surface area (Å²) in [5.41, 5.74) is 1.33. The molecule has 0 unspecified atom stereocenters. The molecule has 0 saturated carbocycles. The number of benzene rings is 1. The van der Waals surface area contributed by atoms with Crippen LogP contribution < -0.4 is 20.7 Å². The van der Waals surface area contributed by atoms with E-state index in [2.05, 4.69) is 20.9 Å². The van der Waals surface area contributed by atoms with E-state index in [-0.39, 0.29) is 22.2 Å². The number of carbonyl (C=O) groups is 1. The predicted octanol–water partition coefficient (Wildman–Crippen LogP) is 3.47. The van der Waals surface area contributed by atoms with E-state index in [1.165, 1.54) is 0 Å². The number of pyridine rings is 1. The zero-order valence-electron chi connectivity index (χ0n) is 18.6. The Hall–Kier alpha value is -3.11. The minimum Gasteiger partial charge on any atom is -0.489 e. The summed E-state index contributed by atoms with van der Waals surface area (Å²) in [6.45, 7) is 4.95. The zero-order chi connectivity index (χ0) is 24.0. The van der Waals surface area contributed by atoms with Crippen molar-refractivity contribution in [2.24, 2.45) is 0 Å². The third kappa shape index (κ3) is 6.69. The summed E-state index contributed by atoms with van der Waals surface area (Å²) in [4.78, 5) is 16.7. The molecule has 0 fully saturated rings. The fourth-order valence-corrected chi connectivity index (χ4v) is 3.42. The molecule has 1 aromatic heterocycles. The first kappa shape index (κ1) is 24.5. The van der Waals surface area contributed by atoms with Gasteiger partial charge in [0.15, 0.2) is 0 Å². The fraction of sp³-hybridized carbons (Fsp3) is 0.348. The van der Waals surface area contributed by atoms with Gasteiger partial charge in [0, 0.05) is 55.8 Å². The first-order valence-corrected chi connectivity index (χ1v) is 10.7. The van der Waals surface area contributed by atoms with E-state index in [0.29, 0.717) is 37.6 Å². The summed E-state index contributed by atoms with van der Waals surface area (Å²) in [7, 11) is 1.62. The van der Waals surface area contributed by atoms with E-state index in [0.717, 1.165) is 23.8 Å². The lowest BCUT2D eigenvalue weighted by Crippen LogP contribution is -2.39. The van der Waals surface area contributed by atoms with Crippen LogP contribution in [0.5, 0.6) is 5.75 Å². The van der Waals surface area contributed by atoms with E-state index < -0.39 is 17.2 Å². The van der Waals surface area contributed by atoms with Crippen LogP contribution in [0, 0.1) is 11.6 Å². The first-order valence-electron chi connectivity index (χ1n) is 10.3. The van der Waals surface area contributed by atoms with Crippen molar-refractivity contribution in [2.45, 2.75) is 32.4 Å². The largest absolute Gasteiger partial charge is 0.489 e. The lowest BCUT2D eigenvalue weighted by atomic mass is 10.1. The van der Waals surface area contributed by atoms with Crippen LogP contribution in [-0.4, -0.2) is 41.7 Å². The highest BCUT2D eigenvalue weighted by Crippen LogP contribution is 2.22. The smallest absolute Gasteiger partial charge is 0.256 e. The number of methoxy groups -OCH3 is 1. The second-order valence-corrected chi connectivity index (χ2v) is 8.47. The number of amides is 1. The van der Waals surface area contributed by atoms with Crippen LogP contribution in [0.2, 0.25) is 0 Å². The maximum Gasteiger partial charge on any atom is 0.256 e. The molecule has 0 bridgehead atoms. The Morgan fingerprint density at radius 2 is 2.00 bits per heavy atom. The molecule has 1 amide bonds. The van der Waals surface area contributed by atoms with Crippen LogP contribution in [0.25, 0.3) is 0 Å². The van der Waals surface area contributed by atoms with E-state index in [9.17, 15) is 13.6 Å². The predicted molar refractivity (Wildman–Crippen MR) is 125 cm³/mol. The SMILES string of the molecule is COC(C)(C)COc1cnccc1CNC1=C(C(=S)Nc2cc(F)cc(F)c2)C(=O)NCC1. The van der Waals surface area contributed by atoms with Crippen molar-refractivity contribution >= 4 is 28.8 Å². The van der Waals surface area contributed by atoms with Crippen molar-refractivity contribution in [1.82, 2.24) is 15.6 Å². The molecular formula is C23H26F2N4O3S. The summed E-state index contributed by atoms with van der Waals surface area (Å²) < 4.78 is 38.3. The highest BCUT2D eigenvalue weighted by molar-refractivity contribution is 7.81. The van der Waals surface area contributed by atoms with Gasteiger partial charge in [-0.2, -0.15) is 0 Å². The maximum atomic E-state index is 13.5. The quantitative estimate of drug-likeness (QED) is 0.478. The van der Waals surface area contributed by atoms with Gasteiger partial charge >= 0.3 is 0 Å². The lowest BCUT2D eigenvalue weighted by molar-refractivity contribution is -0.117. The summed E-state index contributed by atoms with van der Waals surface area (Å²) in [6.07, 6.45) is 3.79. The van der Waals surface area contributed by atoms with Crippen molar-refractivity contribution in [3.05, 3.63) is 65.1 Å². The molecule has 0 saturated heterocycles. The Morgan fingerprint density at radius 1 is 1.27 bits per heavy atom. The van der Waals surface area contributed by atoms with E-state index in [1.54, 1.807) is 19.5 Å². The zero-order valence-corrected chi connectivity index (χ0v) is 19.4. The van der Waals surface area contributed by atoms with Gasteiger partial charge < -0.3 is 25.4 Å². The summed E-state index contributed by atoms with van der Waals surface area (Å²) >= 11 is 5.39. The lowest BCUT2D eigenvalue weighted by Gasteiger charge is -2.25. The Labute approximate surface area is 196 Å². The number of aromatic nitrogens is 1. The third-order valence-electron chi connectivity index (χ3n) is 5.03. The number of anilines is 1. The number of rotatable bonds is 9. The van der Waals surface area contributed by atoms with Crippen molar-refractivity contribution < 1.29 is 23.0 Å². The average Bonchev–Trinajstić information content (AvgIpc) is 2.76. The molecule has 1 aliphatic heterocycles. The number of nitrogens with zero attached hydrogens (tertiary/aromatic N) is 1. The average molecular weight is 477 g/mol. The number of thiocarbonyl (C=S) groups is 1. The molecule has 0 spiro atoms. The molecule has 3 rings (SSSR count). The Balaban J connectivity index is 1.77. The monoisotopic (exact) mass is 476 g/mol. The molecule has 0 aliphatic carbocycles. The highest BCUT2D eigenvalue weighted by Gasteiger charge is 2.25. The molecule has 3 N–H and O–H groups in total. The standard InChI is InChI=1S/C23H26F2N4O3S/c1-23(2,31-3)13-32-19-12-26-6-4-14(19)11-28-18-5-7-27-21(30)20(18)22(33)29-17-9-15(24)8-16(25)10-17/h4,6,8-10,12,28H,5,7,11,13H2,1-3H3,(H,27,30)(H,29,33). The third-order valence-corrected chi connectivity index (χ3v) is 5.33. The van der Waals surface area contributed by atoms with Crippen LogP contribution in [-0.2, 0) is 16.1 Å². The number of hydrogen-bond acceptors (Lipinski definition) is 6. The molecule has 7 nitrogen and oxygen atoms in total. The van der Waals surface area contributed by atoms with Gasteiger partial charge in [0.05, 0.1) is 17.4 Å². The molecule has 33 heavy (non-hydrogen) atoms. The van der Waals surface area contributed by atoms with Crippen LogP contribution >= 0.6 is 12.2 Å². The molecule has 10 heteroatoms. The van der Waals surface area contributed by atoms with Gasteiger partial charge in [0.2, 0.25) is 0 Å². The number of halogens is 2. The minimum absolute atomic E-state index is 0.0627. The van der Waals surface area contributed by atoms with Crippen molar-refractivity contribution in [3.63, 3.8) is 0 Å². The molecule has 0 radical (unpaired) electrons. The number of nitrogens with one attached hydrogen (secondary N) is 3. The van der Waals surface area contributed by atoms with E-state index in [4.69, 9.17) is 21.7 Å². The molecule has 1 aromatic carbocycles. The molecule has 1 aliphatic rings. The number of carbonyl (C=O) groups excluding carboxylic acids is 1. The second kappa shape index (κ2) is 10.7. The minimum atomic E-state index is -0.748. The topological polar surface area (TPSA) is 84.5 Å². The van der Waals surface area contributed by atoms with Crippen molar-refractivity contribution in [1.29, 1.82) is 0 Å². The van der Waals surface area contributed by atoms with Crippen LogP contribution in [0.15, 0.2) is 47.9 Å². The molecule has 0 atom stereocenters. The van der Waals surface area contributed by atoms with Crippen molar-refractivity contribution in [3.8, 4) is 5.75 Å². The Kier molecular flexibility index (Phi) is 7.93. The maximum absolute atomic E-state index is 13.5. The second-order valence-electron chi connectivity index (χ2n) is 8.06. The van der Waals surface area contributed by atoms with Crippen LogP contribution in [0.1, 0.15) is 25.8 Å². The van der Waals surface area contributed by atoms with Crippen LogP contribution in [0.4, 0.5) is 14.5 Å². The van der Waals surface area contributed by atoms with Gasteiger partial charge in [-0.05, 0) is 32.0 Å². The molecular weight excluding hydrogens is 450 g/mol. The van der Waals surface area contributed by atoms with Gasteiger partial charge in [0.25, 0.3) is 5.91 Å². The summed E-state index contributed by atoms with van der Waals surface area (Å²) in [6, 6.07) is 4.78. The fourth-order valence-electron chi connectivity index (χ4n) is 3.09. The van der Waals surface area contributed by atoms with E-state index in [1.807, 2.05) is 19.9 Å². The Morgan fingerprint density at radius 3 is 2.70 bits per heavy atom. The molecule has 2 heterocycles. The van der Waals surface area contributed by atoms with Crippen LogP contribution in [0.3, 0.4) is 0 Å². The number of hydrogen-bond donors (Lipinski definition) is 3. The highest BCUT2D eigenvalue weighted by atomic mass is 32.1. The summed E-state index contributed by atoms with van der Waals surface area (Å²) in [5.74, 6) is -1.27. The van der Waals surface area contributed by atoms with Gasteiger partial charge in [-0.3, -0.25) is 9.78 Å². The van der Waals surface area contributed by atoms with Gasteiger partial charge in [-0.15, -0.1) is 0 Å². The van der Waals surface area contributed by atoms with Gasteiger partial charge in [-0.25, -0.2) is 8.78 Å². The summed E-state index contributed by atoms with van der Waals surface area (Å²) in [5, 5.41) is 8.76. The Bertz CT molecular complexity index is 1060. The van der Waals surface area contributed by atoms with Gasteiger partial charge in [-0.1, -0.05) is 12.2 Å². The molecule has 176 valence electrons. The van der Waals surface area contributed by atoms with Crippen molar-refractivity contribution in [2.75, 3.05) is 25.6 Å². The molecule has 2 aromatic rings. The van der Waals surface area contributed by atoms with Gasteiger partial charge in [0.1, 0.15) is 29.0 Å².